The van der Waals surface area contributed by atoms with Gasteiger partial charge in [-0.3, -0.25) is 9.59 Å². The normalized spacial score (nSPS) is 11.3. The smallest absolute Gasteiger partial charge is 0.251 e. The molecule has 0 aromatic heterocycles. The molecule has 154 valence electrons. The first-order chi connectivity index (χ1) is 14.6. The van der Waals surface area contributed by atoms with Gasteiger partial charge in [0, 0.05) is 18.3 Å². The van der Waals surface area contributed by atoms with E-state index in [9.17, 15) is 9.59 Å². The van der Waals surface area contributed by atoms with Gasteiger partial charge >= 0.3 is 0 Å². The first-order valence-corrected chi connectivity index (χ1v) is 9.78. The van der Waals surface area contributed by atoms with Crippen molar-refractivity contribution in [1.29, 1.82) is 0 Å². The Hall–Kier alpha value is -3.80. The van der Waals surface area contributed by atoms with Gasteiger partial charge < -0.3 is 20.7 Å². The fourth-order valence-electron chi connectivity index (χ4n) is 3.02. The minimum absolute atomic E-state index is 0.134. The van der Waals surface area contributed by atoms with Crippen LogP contribution in [0.15, 0.2) is 78.9 Å². The van der Waals surface area contributed by atoms with E-state index in [1.54, 1.807) is 12.1 Å². The molecule has 3 rings (SSSR count). The average Bonchev–Trinajstić information content (AvgIpc) is 2.75. The molecule has 0 unspecified atom stereocenters. The summed E-state index contributed by atoms with van der Waals surface area (Å²) in [7, 11) is 0. The minimum atomic E-state index is -0.618. The molecule has 30 heavy (non-hydrogen) atoms. The van der Waals surface area contributed by atoms with Crippen molar-refractivity contribution >= 4 is 28.9 Å². The van der Waals surface area contributed by atoms with Gasteiger partial charge in [0.05, 0.1) is 12.3 Å². The van der Waals surface area contributed by atoms with Crippen molar-refractivity contribution in [3.8, 4) is 5.75 Å². The van der Waals surface area contributed by atoms with Crippen molar-refractivity contribution in [2.45, 2.75) is 19.9 Å². The summed E-state index contributed by atoms with van der Waals surface area (Å²) in [4.78, 5) is 24.4. The van der Waals surface area contributed by atoms with Gasteiger partial charge in [-0.15, -0.1) is 0 Å². The maximum Gasteiger partial charge on any atom is 0.251 e. The molecular weight excluding hydrogens is 378 g/mol. The molecular formula is C24H25N3O3. The molecule has 0 bridgehead atoms. The molecule has 6 heteroatoms. The van der Waals surface area contributed by atoms with Crippen LogP contribution in [0.3, 0.4) is 0 Å². The molecule has 0 radical (unpaired) electrons. The second kappa shape index (κ2) is 10.1. The van der Waals surface area contributed by atoms with Crippen LogP contribution < -0.4 is 20.7 Å². The topological polar surface area (TPSA) is 79.5 Å². The molecule has 1 atom stereocenters. The number of para-hydroxylation sites is 2. The second-order valence-electron chi connectivity index (χ2n) is 6.66. The van der Waals surface area contributed by atoms with E-state index in [0.29, 0.717) is 23.7 Å². The van der Waals surface area contributed by atoms with Gasteiger partial charge in [0.1, 0.15) is 11.8 Å². The SMILES string of the molecule is CCOc1ccccc1NC(=O)[C@H](Nc1ccc(NC(C)=O)cc1)c1ccccc1. The summed E-state index contributed by atoms with van der Waals surface area (Å²) < 4.78 is 5.62. The largest absolute Gasteiger partial charge is 0.492 e. The lowest BCUT2D eigenvalue weighted by Gasteiger charge is -2.21. The lowest BCUT2D eigenvalue weighted by molar-refractivity contribution is -0.117. The molecule has 0 aliphatic rings. The molecule has 6 nitrogen and oxygen atoms in total. The van der Waals surface area contributed by atoms with Crippen LogP contribution in [0, 0.1) is 0 Å². The predicted octanol–water partition coefficient (Wildman–Crippen LogP) is 4.84. The van der Waals surface area contributed by atoms with Crippen molar-refractivity contribution in [2.24, 2.45) is 0 Å². The number of carbonyl (C=O) groups excluding carboxylic acids is 2. The summed E-state index contributed by atoms with van der Waals surface area (Å²) in [6.45, 7) is 3.87. The Morgan fingerprint density at radius 2 is 1.47 bits per heavy atom. The molecule has 0 saturated heterocycles. The van der Waals surface area contributed by atoms with Crippen LogP contribution in [0.5, 0.6) is 5.75 Å². The van der Waals surface area contributed by atoms with Crippen LogP contribution in [-0.4, -0.2) is 18.4 Å². The van der Waals surface area contributed by atoms with Crippen LogP contribution >= 0.6 is 0 Å². The molecule has 0 spiro atoms. The van der Waals surface area contributed by atoms with Crippen LogP contribution in [0.1, 0.15) is 25.5 Å². The number of carbonyl (C=O) groups is 2. The molecule has 2 amide bonds. The Morgan fingerprint density at radius 3 is 2.13 bits per heavy atom. The summed E-state index contributed by atoms with van der Waals surface area (Å²) in [5.74, 6) is 0.282. The van der Waals surface area contributed by atoms with E-state index in [1.165, 1.54) is 6.92 Å². The zero-order chi connectivity index (χ0) is 21.3. The van der Waals surface area contributed by atoms with Crippen molar-refractivity contribution in [3.63, 3.8) is 0 Å². The van der Waals surface area contributed by atoms with E-state index in [4.69, 9.17) is 4.74 Å². The molecule has 3 aromatic carbocycles. The number of benzene rings is 3. The van der Waals surface area contributed by atoms with E-state index in [0.717, 1.165) is 11.3 Å². The Balaban J connectivity index is 1.83. The van der Waals surface area contributed by atoms with Gasteiger partial charge in [-0.2, -0.15) is 0 Å². The summed E-state index contributed by atoms with van der Waals surface area (Å²) in [6, 6.07) is 23.4. The van der Waals surface area contributed by atoms with E-state index in [1.807, 2.05) is 73.7 Å². The maximum atomic E-state index is 13.2. The Morgan fingerprint density at radius 1 is 0.833 bits per heavy atom. The van der Waals surface area contributed by atoms with Crippen molar-refractivity contribution in [3.05, 3.63) is 84.4 Å². The molecule has 0 aliphatic carbocycles. The third kappa shape index (κ3) is 5.61. The second-order valence-corrected chi connectivity index (χ2v) is 6.66. The minimum Gasteiger partial charge on any atom is -0.492 e. The Kier molecular flexibility index (Phi) is 7.05. The number of hydrogen-bond acceptors (Lipinski definition) is 4. The summed E-state index contributed by atoms with van der Waals surface area (Å²) in [6.07, 6.45) is 0. The summed E-state index contributed by atoms with van der Waals surface area (Å²) in [5, 5.41) is 8.98. The Bertz CT molecular complexity index is 988. The van der Waals surface area contributed by atoms with E-state index < -0.39 is 6.04 Å². The number of ether oxygens (including phenoxy) is 1. The average molecular weight is 403 g/mol. The fourth-order valence-corrected chi connectivity index (χ4v) is 3.02. The van der Waals surface area contributed by atoms with E-state index in [-0.39, 0.29) is 11.8 Å². The quantitative estimate of drug-likeness (QED) is 0.503. The third-order valence-electron chi connectivity index (χ3n) is 4.36. The zero-order valence-corrected chi connectivity index (χ0v) is 17.0. The standard InChI is InChI=1S/C24H25N3O3/c1-3-30-22-12-8-7-11-21(22)27-24(29)23(18-9-5-4-6-10-18)26-20-15-13-19(14-16-20)25-17(2)28/h4-16,23,26H,3H2,1-2H3,(H,25,28)(H,27,29)/t23-/m1/s1. The van der Waals surface area contributed by atoms with Gasteiger partial charge in [0.2, 0.25) is 5.91 Å². The maximum absolute atomic E-state index is 13.2. The lowest BCUT2D eigenvalue weighted by atomic mass is 10.1. The highest BCUT2D eigenvalue weighted by Crippen LogP contribution is 2.27. The van der Waals surface area contributed by atoms with Crippen LogP contribution in [0.2, 0.25) is 0 Å². The van der Waals surface area contributed by atoms with Crippen LogP contribution in [0.4, 0.5) is 17.1 Å². The van der Waals surface area contributed by atoms with Gasteiger partial charge in [0.15, 0.2) is 0 Å². The molecule has 0 saturated carbocycles. The van der Waals surface area contributed by atoms with E-state index >= 15 is 0 Å². The summed E-state index contributed by atoms with van der Waals surface area (Å²) >= 11 is 0. The first-order valence-electron chi connectivity index (χ1n) is 9.78. The highest BCUT2D eigenvalue weighted by molar-refractivity contribution is 5.98. The van der Waals surface area contributed by atoms with Gasteiger partial charge in [-0.1, -0.05) is 42.5 Å². The van der Waals surface area contributed by atoms with Gasteiger partial charge in [-0.05, 0) is 48.9 Å². The zero-order valence-electron chi connectivity index (χ0n) is 17.0. The number of anilines is 3. The van der Waals surface area contributed by atoms with Crippen LogP contribution in [-0.2, 0) is 9.59 Å². The van der Waals surface area contributed by atoms with Gasteiger partial charge in [0.25, 0.3) is 5.91 Å². The predicted molar refractivity (Wildman–Crippen MR) is 120 cm³/mol. The third-order valence-corrected chi connectivity index (χ3v) is 4.36. The van der Waals surface area contributed by atoms with Crippen LogP contribution in [0.25, 0.3) is 0 Å². The lowest BCUT2D eigenvalue weighted by Crippen LogP contribution is -2.27. The molecule has 0 heterocycles. The molecule has 0 aliphatic heterocycles. The highest BCUT2D eigenvalue weighted by Gasteiger charge is 2.21. The number of hydrogen-bond donors (Lipinski definition) is 3. The first kappa shape index (κ1) is 20.9. The van der Waals surface area contributed by atoms with Crippen molar-refractivity contribution in [2.75, 3.05) is 22.6 Å². The fraction of sp³-hybridized carbons (Fsp3) is 0.167. The van der Waals surface area contributed by atoms with E-state index in [2.05, 4.69) is 16.0 Å². The van der Waals surface area contributed by atoms with Gasteiger partial charge in [-0.25, -0.2) is 0 Å². The Labute approximate surface area is 176 Å². The number of nitrogens with one attached hydrogen (secondary N) is 3. The summed E-state index contributed by atoms with van der Waals surface area (Å²) in [5.41, 5.74) is 2.90. The van der Waals surface area contributed by atoms with Crippen molar-refractivity contribution < 1.29 is 14.3 Å². The molecule has 3 N–H and O–H groups in total. The highest BCUT2D eigenvalue weighted by atomic mass is 16.5. The molecule has 3 aromatic rings. The number of amides is 2. The molecule has 0 fully saturated rings. The van der Waals surface area contributed by atoms with Crippen molar-refractivity contribution in [1.82, 2.24) is 0 Å². The monoisotopic (exact) mass is 403 g/mol. The number of rotatable bonds is 8.